The first-order chi connectivity index (χ1) is 13.2. The number of carbonyl (C=O) groups is 1. The highest BCUT2D eigenvalue weighted by Gasteiger charge is 2.22. The van der Waals surface area contributed by atoms with Gasteiger partial charge in [-0.05, 0) is 69.1 Å². The van der Waals surface area contributed by atoms with Crippen molar-refractivity contribution in [3.8, 4) is 17.4 Å². The predicted octanol–water partition coefficient (Wildman–Crippen LogP) is 3.10. The van der Waals surface area contributed by atoms with E-state index in [9.17, 15) is 4.79 Å². The fourth-order valence-electron chi connectivity index (χ4n) is 3.19. The molecule has 1 aliphatic rings. The van der Waals surface area contributed by atoms with Gasteiger partial charge in [-0.1, -0.05) is 6.07 Å². The Morgan fingerprint density at radius 3 is 2.56 bits per heavy atom. The van der Waals surface area contributed by atoms with E-state index in [-0.39, 0.29) is 12.5 Å². The Kier molecular flexibility index (Phi) is 7.04. The van der Waals surface area contributed by atoms with Crippen LogP contribution in [0.5, 0.6) is 17.4 Å². The van der Waals surface area contributed by atoms with Crippen LogP contribution in [-0.2, 0) is 4.79 Å². The summed E-state index contributed by atoms with van der Waals surface area (Å²) in [5.74, 6) is 2.64. The predicted molar refractivity (Wildman–Crippen MR) is 104 cm³/mol. The molecule has 144 valence electrons. The number of aromatic nitrogens is 1. The largest absolute Gasteiger partial charge is 0.484 e. The van der Waals surface area contributed by atoms with Crippen molar-refractivity contribution < 1.29 is 14.3 Å². The topological polar surface area (TPSA) is 63.7 Å². The lowest BCUT2D eigenvalue weighted by atomic mass is 9.93. The Balaban J connectivity index is 1.41. The summed E-state index contributed by atoms with van der Waals surface area (Å²) in [6.45, 7) is 2.77. The number of ether oxygens (including phenoxy) is 2. The van der Waals surface area contributed by atoms with Crippen molar-refractivity contribution in [2.45, 2.75) is 19.3 Å². The van der Waals surface area contributed by atoms with Crippen molar-refractivity contribution in [1.82, 2.24) is 15.2 Å². The molecule has 27 heavy (non-hydrogen) atoms. The van der Waals surface area contributed by atoms with Crippen LogP contribution < -0.4 is 14.8 Å². The summed E-state index contributed by atoms with van der Waals surface area (Å²) >= 11 is 0. The number of carbonyl (C=O) groups excluding carboxylic acids is 1. The zero-order chi connectivity index (χ0) is 18.9. The molecule has 3 rings (SSSR count). The van der Waals surface area contributed by atoms with Crippen LogP contribution in [0.4, 0.5) is 0 Å². The molecule has 0 unspecified atom stereocenters. The number of hydrogen-bond donors (Lipinski definition) is 1. The van der Waals surface area contributed by atoms with Crippen LogP contribution in [0.3, 0.4) is 0 Å². The Labute approximate surface area is 160 Å². The monoisotopic (exact) mass is 369 g/mol. The average molecular weight is 369 g/mol. The number of pyridine rings is 1. The summed E-state index contributed by atoms with van der Waals surface area (Å²) in [6.07, 6.45) is 5.02. The molecule has 6 nitrogen and oxygen atoms in total. The fourth-order valence-corrected chi connectivity index (χ4v) is 3.19. The van der Waals surface area contributed by atoms with E-state index in [2.05, 4.69) is 10.3 Å². The van der Waals surface area contributed by atoms with Gasteiger partial charge in [0.15, 0.2) is 6.61 Å². The van der Waals surface area contributed by atoms with E-state index < -0.39 is 0 Å². The summed E-state index contributed by atoms with van der Waals surface area (Å²) < 4.78 is 11.3. The van der Waals surface area contributed by atoms with Crippen LogP contribution in [0.1, 0.15) is 19.3 Å². The Bertz CT molecular complexity index is 698. The molecule has 2 aromatic rings. The van der Waals surface area contributed by atoms with Gasteiger partial charge in [0.1, 0.15) is 11.5 Å². The van der Waals surface area contributed by atoms with Crippen molar-refractivity contribution >= 4 is 5.91 Å². The van der Waals surface area contributed by atoms with Gasteiger partial charge in [-0.3, -0.25) is 4.79 Å². The molecule has 1 saturated heterocycles. The normalized spacial score (nSPS) is 14.8. The zero-order valence-corrected chi connectivity index (χ0v) is 15.8. The molecule has 1 aromatic carbocycles. The van der Waals surface area contributed by atoms with Crippen LogP contribution in [0, 0.1) is 5.92 Å². The minimum Gasteiger partial charge on any atom is -0.484 e. The highest BCUT2D eigenvalue weighted by molar-refractivity contribution is 5.77. The third kappa shape index (κ3) is 5.96. The van der Waals surface area contributed by atoms with Crippen LogP contribution in [0.2, 0.25) is 0 Å². The molecule has 0 aliphatic carbocycles. The number of benzene rings is 1. The maximum atomic E-state index is 12.4. The molecule has 0 saturated carbocycles. The van der Waals surface area contributed by atoms with Crippen LogP contribution >= 0.6 is 0 Å². The minimum absolute atomic E-state index is 0.0517. The Morgan fingerprint density at radius 1 is 1.15 bits per heavy atom. The first-order valence-electron chi connectivity index (χ1n) is 9.48. The molecule has 1 N–H and O–H groups in total. The molecular weight excluding hydrogens is 342 g/mol. The van der Waals surface area contributed by atoms with E-state index in [0.717, 1.165) is 32.5 Å². The number of nitrogens with one attached hydrogen (secondary N) is 1. The van der Waals surface area contributed by atoms with Gasteiger partial charge in [-0.2, -0.15) is 0 Å². The van der Waals surface area contributed by atoms with Crippen molar-refractivity contribution in [3.05, 3.63) is 48.7 Å². The van der Waals surface area contributed by atoms with Gasteiger partial charge in [0.25, 0.3) is 5.91 Å². The van der Waals surface area contributed by atoms with E-state index in [0.29, 0.717) is 23.3 Å². The third-order valence-corrected chi connectivity index (χ3v) is 4.82. The number of rotatable bonds is 8. The van der Waals surface area contributed by atoms with E-state index in [1.807, 2.05) is 36.2 Å². The van der Waals surface area contributed by atoms with E-state index in [4.69, 9.17) is 9.47 Å². The SMILES string of the molecule is CNCCC1CCN(C(=O)COc2ccc(Oc3ccccn3)cc2)CC1. The zero-order valence-electron chi connectivity index (χ0n) is 15.8. The van der Waals surface area contributed by atoms with E-state index >= 15 is 0 Å². The number of likely N-dealkylation sites (tertiary alicyclic amines) is 1. The number of hydrogen-bond acceptors (Lipinski definition) is 5. The lowest BCUT2D eigenvalue weighted by Crippen LogP contribution is -2.41. The number of piperidine rings is 1. The summed E-state index contributed by atoms with van der Waals surface area (Å²) in [5.41, 5.74) is 0. The lowest BCUT2D eigenvalue weighted by Gasteiger charge is -2.32. The van der Waals surface area contributed by atoms with Crippen molar-refractivity contribution in [2.75, 3.05) is 33.3 Å². The second-order valence-electron chi connectivity index (χ2n) is 6.75. The summed E-state index contributed by atoms with van der Waals surface area (Å²) in [6, 6.07) is 12.7. The second-order valence-corrected chi connectivity index (χ2v) is 6.75. The van der Waals surface area contributed by atoms with Gasteiger partial charge < -0.3 is 19.7 Å². The number of amides is 1. The van der Waals surface area contributed by atoms with Crippen molar-refractivity contribution in [2.24, 2.45) is 5.92 Å². The molecule has 1 aliphatic heterocycles. The standard InChI is InChI=1S/C21H27N3O3/c1-22-13-9-17-10-14-24(15-11-17)21(25)16-26-18-5-7-19(8-6-18)27-20-4-2-3-12-23-20/h2-8,12,17,22H,9-11,13-16H2,1H3. The van der Waals surface area contributed by atoms with Gasteiger partial charge in [0.2, 0.25) is 5.88 Å². The Hall–Kier alpha value is -2.60. The molecule has 0 radical (unpaired) electrons. The molecule has 0 atom stereocenters. The van der Waals surface area contributed by atoms with E-state index in [1.54, 1.807) is 24.4 Å². The molecule has 1 aromatic heterocycles. The van der Waals surface area contributed by atoms with Gasteiger partial charge in [-0.15, -0.1) is 0 Å². The minimum atomic E-state index is 0.0517. The Morgan fingerprint density at radius 2 is 1.89 bits per heavy atom. The fraction of sp³-hybridized carbons (Fsp3) is 0.429. The van der Waals surface area contributed by atoms with Crippen molar-refractivity contribution in [1.29, 1.82) is 0 Å². The van der Waals surface area contributed by atoms with Crippen molar-refractivity contribution in [3.63, 3.8) is 0 Å². The number of nitrogens with zero attached hydrogens (tertiary/aromatic N) is 2. The highest BCUT2D eigenvalue weighted by Crippen LogP contribution is 2.23. The van der Waals surface area contributed by atoms with Gasteiger partial charge in [0.05, 0.1) is 0 Å². The first-order valence-corrected chi connectivity index (χ1v) is 9.48. The summed E-state index contributed by atoms with van der Waals surface area (Å²) in [7, 11) is 1.98. The smallest absolute Gasteiger partial charge is 0.260 e. The highest BCUT2D eigenvalue weighted by atomic mass is 16.5. The summed E-state index contributed by atoms with van der Waals surface area (Å²) in [4.78, 5) is 18.4. The van der Waals surface area contributed by atoms with E-state index in [1.165, 1.54) is 6.42 Å². The lowest BCUT2D eigenvalue weighted by molar-refractivity contribution is -0.134. The quantitative estimate of drug-likeness (QED) is 0.775. The van der Waals surface area contributed by atoms with Gasteiger partial charge in [-0.25, -0.2) is 4.98 Å². The molecule has 0 spiro atoms. The average Bonchev–Trinajstić information content (AvgIpc) is 2.72. The maximum Gasteiger partial charge on any atom is 0.260 e. The second kappa shape index (κ2) is 9.92. The van der Waals surface area contributed by atoms with Gasteiger partial charge in [0, 0.05) is 25.4 Å². The first kappa shape index (κ1) is 19.2. The maximum absolute atomic E-state index is 12.4. The molecule has 2 heterocycles. The summed E-state index contributed by atoms with van der Waals surface area (Å²) in [5, 5.41) is 3.19. The molecular formula is C21H27N3O3. The molecule has 6 heteroatoms. The molecule has 1 amide bonds. The van der Waals surface area contributed by atoms with Crippen LogP contribution in [-0.4, -0.2) is 49.1 Å². The molecule has 0 bridgehead atoms. The van der Waals surface area contributed by atoms with Crippen LogP contribution in [0.25, 0.3) is 0 Å². The van der Waals surface area contributed by atoms with Gasteiger partial charge >= 0.3 is 0 Å². The third-order valence-electron chi connectivity index (χ3n) is 4.82. The molecule has 1 fully saturated rings. The van der Waals surface area contributed by atoms with Crippen LogP contribution in [0.15, 0.2) is 48.7 Å².